The second kappa shape index (κ2) is 8.37. The Bertz CT molecular complexity index is 950. The summed E-state index contributed by atoms with van der Waals surface area (Å²) in [4.78, 5) is 22.6. The lowest BCUT2D eigenvalue weighted by atomic mass is 10.1. The average molecular weight is 407 g/mol. The predicted molar refractivity (Wildman–Crippen MR) is 109 cm³/mol. The van der Waals surface area contributed by atoms with Crippen molar-refractivity contribution >= 4 is 39.9 Å². The molecule has 0 spiro atoms. The number of thiazole rings is 1. The molecule has 3 rings (SSSR count). The highest BCUT2D eigenvalue weighted by Crippen LogP contribution is 2.30. The summed E-state index contributed by atoms with van der Waals surface area (Å²) < 4.78 is 7.70. The van der Waals surface area contributed by atoms with E-state index in [0.29, 0.717) is 23.3 Å². The van der Waals surface area contributed by atoms with Gasteiger partial charge in [0.05, 0.1) is 23.7 Å². The summed E-state index contributed by atoms with van der Waals surface area (Å²) in [6.45, 7) is 7.19. The van der Waals surface area contributed by atoms with Crippen molar-refractivity contribution in [3.05, 3.63) is 45.1 Å². The van der Waals surface area contributed by atoms with Gasteiger partial charge in [-0.25, -0.2) is 9.97 Å². The maximum atomic E-state index is 12.8. The number of methoxy groups -OCH3 is 1. The monoisotopic (exact) mass is 406 g/mol. The summed E-state index contributed by atoms with van der Waals surface area (Å²) in [6, 6.07) is 7.63. The number of carbonyl (C=O) groups is 1. The van der Waals surface area contributed by atoms with Crippen molar-refractivity contribution in [2.24, 2.45) is 0 Å². The van der Waals surface area contributed by atoms with E-state index in [-0.39, 0.29) is 17.9 Å². The first-order chi connectivity index (χ1) is 12.9. The number of imidazole rings is 1. The molecule has 0 aliphatic heterocycles. The molecule has 2 aromatic heterocycles. The number of rotatable bonds is 7. The van der Waals surface area contributed by atoms with Gasteiger partial charge in [0.1, 0.15) is 11.5 Å². The van der Waals surface area contributed by atoms with Gasteiger partial charge in [0, 0.05) is 18.5 Å². The lowest BCUT2D eigenvalue weighted by molar-refractivity contribution is 0.0931. The van der Waals surface area contributed by atoms with Crippen LogP contribution < -0.4 is 5.32 Å². The third-order valence-corrected chi connectivity index (χ3v) is 5.77. The molecule has 0 aliphatic carbocycles. The molecule has 0 fully saturated rings. The van der Waals surface area contributed by atoms with Crippen LogP contribution in [0.1, 0.15) is 53.9 Å². The van der Waals surface area contributed by atoms with E-state index < -0.39 is 0 Å². The van der Waals surface area contributed by atoms with Gasteiger partial charge in [0.25, 0.3) is 5.91 Å². The van der Waals surface area contributed by atoms with Gasteiger partial charge in [-0.15, -0.1) is 11.3 Å². The Kier molecular flexibility index (Phi) is 6.14. The van der Waals surface area contributed by atoms with Gasteiger partial charge < -0.3 is 14.6 Å². The molecule has 6 nitrogen and oxygen atoms in total. The Morgan fingerprint density at radius 3 is 2.74 bits per heavy atom. The summed E-state index contributed by atoms with van der Waals surface area (Å²) >= 11 is 7.39. The number of ether oxygens (including phenoxy) is 1. The summed E-state index contributed by atoms with van der Waals surface area (Å²) in [5.74, 6) is 0.728. The van der Waals surface area contributed by atoms with E-state index in [1.54, 1.807) is 7.11 Å². The third-order valence-electron chi connectivity index (χ3n) is 4.30. The van der Waals surface area contributed by atoms with E-state index in [9.17, 15) is 4.79 Å². The zero-order chi connectivity index (χ0) is 19.6. The molecule has 0 saturated heterocycles. The molecule has 0 bridgehead atoms. The molecule has 0 unspecified atom stereocenters. The highest BCUT2D eigenvalue weighted by atomic mass is 35.5. The normalized spacial score (nSPS) is 12.7. The minimum Gasteiger partial charge on any atom is -0.383 e. The van der Waals surface area contributed by atoms with Gasteiger partial charge >= 0.3 is 0 Å². The first-order valence-electron chi connectivity index (χ1n) is 8.83. The average Bonchev–Trinajstić information content (AvgIpc) is 3.21. The number of aromatic nitrogens is 3. The van der Waals surface area contributed by atoms with Crippen LogP contribution >= 0.6 is 22.9 Å². The fourth-order valence-corrected chi connectivity index (χ4v) is 4.15. The third kappa shape index (κ3) is 4.15. The van der Waals surface area contributed by atoms with Crippen LogP contribution in [-0.2, 0) is 11.3 Å². The molecule has 0 saturated carbocycles. The van der Waals surface area contributed by atoms with Crippen molar-refractivity contribution in [3.8, 4) is 0 Å². The van der Waals surface area contributed by atoms with Crippen LogP contribution in [0.5, 0.6) is 0 Å². The second-order valence-corrected chi connectivity index (χ2v) is 8.25. The van der Waals surface area contributed by atoms with E-state index in [4.69, 9.17) is 21.3 Å². The van der Waals surface area contributed by atoms with E-state index >= 15 is 0 Å². The van der Waals surface area contributed by atoms with Crippen LogP contribution in [-0.4, -0.2) is 34.2 Å². The fourth-order valence-electron chi connectivity index (χ4n) is 3.03. The van der Waals surface area contributed by atoms with Crippen LogP contribution in [0.4, 0.5) is 0 Å². The summed E-state index contributed by atoms with van der Waals surface area (Å²) in [5.41, 5.74) is 2.31. The number of hydrogen-bond donors (Lipinski definition) is 1. The second-order valence-electron chi connectivity index (χ2n) is 6.63. The minimum absolute atomic E-state index is 0.178. The van der Waals surface area contributed by atoms with Gasteiger partial charge in [-0.1, -0.05) is 37.6 Å². The van der Waals surface area contributed by atoms with Crippen LogP contribution in [0.15, 0.2) is 24.3 Å². The largest absolute Gasteiger partial charge is 0.383 e. The van der Waals surface area contributed by atoms with E-state index in [1.165, 1.54) is 11.3 Å². The van der Waals surface area contributed by atoms with Gasteiger partial charge in [-0.05, 0) is 25.0 Å². The smallest absolute Gasteiger partial charge is 0.271 e. The SMILES string of the molecule is COCCn1c([C@@H](C)NC(=O)c2nc(Cl)sc2C(C)C)nc2ccccc21. The summed E-state index contributed by atoms with van der Waals surface area (Å²) in [6.07, 6.45) is 0. The summed E-state index contributed by atoms with van der Waals surface area (Å²) in [5, 5.41) is 3.02. The molecular formula is C19H23ClN4O2S. The number of nitrogens with one attached hydrogen (secondary N) is 1. The highest BCUT2D eigenvalue weighted by molar-refractivity contribution is 7.16. The molecule has 144 valence electrons. The molecule has 3 aromatic rings. The standard InChI is InChI=1S/C19H23ClN4O2S/c1-11(2)16-15(23-19(20)27-16)18(25)21-12(3)17-22-13-7-5-6-8-14(13)24(17)9-10-26-4/h5-8,11-12H,9-10H2,1-4H3,(H,21,25)/t12-/m1/s1. The van der Waals surface area contributed by atoms with Crippen molar-refractivity contribution in [2.75, 3.05) is 13.7 Å². The number of hydrogen-bond acceptors (Lipinski definition) is 5. The maximum Gasteiger partial charge on any atom is 0.271 e. The van der Waals surface area contributed by atoms with E-state index in [0.717, 1.165) is 21.7 Å². The number of nitrogens with zero attached hydrogens (tertiary/aromatic N) is 3. The van der Waals surface area contributed by atoms with Gasteiger partial charge in [0.15, 0.2) is 4.47 Å². The molecule has 27 heavy (non-hydrogen) atoms. The van der Waals surface area contributed by atoms with Gasteiger partial charge in [0.2, 0.25) is 0 Å². The Balaban J connectivity index is 1.90. The molecule has 0 aliphatic rings. The minimum atomic E-state index is -0.290. The number of amides is 1. The number of fused-ring (bicyclic) bond motifs is 1. The lowest BCUT2D eigenvalue weighted by Gasteiger charge is -2.16. The Labute approximate surface area is 167 Å². The molecular weight excluding hydrogens is 384 g/mol. The number of halogens is 1. The molecule has 2 heterocycles. The quantitative estimate of drug-likeness (QED) is 0.631. The first kappa shape index (κ1) is 19.8. The van der Waals surface area contributed by atoms with Crippen LogP contribution in [0, 0.1) is 0 Å². The number of para-hydroxylation sites is 2. The topological polar surface area (TPSA) is 69.0 Å². The van der Waals surface area contributed by atoms with Crippen LogP contribution in [0.3, 0.4) is 0 Å². The first-order valence-corrected chi connectivity index (χ1v) is 10.0. The van der Waals surface area contributed by atoms with Gasteiger partial charge in [-0.2, -0.15) is 0 Å². The fraction of sp³-hybridized carbons (Fsp3) is 0.421. The molecule has 0 radical (unpaired) electrons. The highest BCUT2D eigenvalue weighted by Gasteiger charge is 2.24. The molecule has 1 atom stereocenters. The van der Waals surface area contributed by atoms with Crippen molar-refractivity contribution in [2.45, 2.75) is 39.3 Å². The van der Waals surface area contributed by atoms with Crippen molar-refractivity contribution in [1.82, 2.24) is 19.9 Å². The Hall–Kier alpha value is -1.96. The van der Waals surface area contributed by atoms with Crippen molar-refractivity contribution < 1.29 is 9.53 Å². The molecule has 1 N–H and O–H groups in total. The molecule has 1 aromatic carbocycles. The van der Waals surface area contributed by atoms with Gasteiger partial charge in [-0.3, -0.25) is 4.79 Å². The zero-order valence-electron chi connectivity index (χ0n) is 15.8. The zero-order valence-corrected chi connectivity index (χ0v) is 17.4. The van der Waals surface area contributed by atoms with E-state index in [2.05, 4.69) is 14.9 Å². The Morgan fingerprint density at radius 2 is 2.04 bits per heavy atom. The van der Waals surface area contributed by atoms with E-state index in [1.807, 2.05) is 45.0 Å². The van der Waals surface area contributed by atoms with Crippen molar-refractivity contribution in [3.63, 3.8) is 0 Å². The predicted octanol–water partition coefficient (Wildman–Crippen LogP) is 4.41. The number of carbonyl (C=O) groups excluding carboxylic acids is 1. The van der Waals surface area contributed by atoms with Crippen LogP contribution in [0.25, 0.3) is 11.0 Å². The van der Waals surface area contributed by atoms with Crippen LogP contribution in [0.2, 0.25) is 4.47 Å². The molecule has 8 heteroatoms. The van der Waals surface area contributed by atoms with Crippen molar-refractivity contribution in [1.29, 1.82) is 0 Å². The number of benzene rings is 1. The molecule has 1 amide bonds. The lowest BCUT2D eigenvalue weighted by Crippen LogP contribution is -2.30. The summed E-state index contributed by atoms with van der Waals surface area (Å²) in [7, 11) is 1.67. The maximum absolute atomic E-state index is 12.8. The Morgan fingerprint density at radius 1 is 1.30 bits per heavy atom.